The molecule has 4 rings (SSSR count). The Morgan fingerprint density at radius 3 is 2.50 bits per heavy atom. The Hall–Kier alpha value is -3.74. The molecule has 2 N–H and O–H groups in total. The third-order valence-corrected chi connectivity index (χ3v) is 4.78. The maximum absolute atomic E-state index is 13.2. The lowest BCUT2D eigenvalue weighted by atomic mass is 9.95. The lowest BCUT2D eigenvalue weighted by Gasteiger charge is -2.30. The molecule has 3 aromatic rings. The molecule has 7 nitrogen and oxygen atoms in total. The molecule has 28 heavy (non-hydrogen) atoms. The van der Waals surface area contributed by atoms with Crippen LogP contribution in [-0.2, 0) is 6.42 Å². The summed E-state index contributed by atoms with van der Waals surface area (Å²) in [4.78, 5) is 38.7. The minimum Gasteiger partial charge on any atom is -0.366 e. The molecule has 0 fully saturated rings. The number of amides is 2. The van der Waals surface area contributed by atoms with Crippen molar-refractivity contribution in [2.45, 2.75) is 12.8 Å². The number of hydrogen-bond acceptors (Lipinski definition) is 4. The molecule has 0 atom stereocenters. The van der Waals surface area contributed by atoms with Crippen LogP contribution in [0, 0.1) is 0 Å². The number of carbonyl (C=O) groups is 2. The van der Waals surface area contributed by atoms with E-state index in [1.54, 1.807) is 47.4 Å². The van der Waals surface area contributed by atoms with Crippen LogP contribution in [-0.4, -0.2) is 28.1 Å². The van der Waals surface area contributed by atoms with E-state index < -0.39 is 5.91 Å². The average molecular weight is 374 g/mol. The quantitative estimate of drug-likeness (QED) is 0.757. The van der Waals surface area contributed by atoms with E-state index in [0.717, 1.165) is 5.56 Å². The Kier molecular flexibility index (Phi) is 4.49. The summed E-state index contributed by atoms with van der Waals surface area (Å²) < 4.78 is 1.21. The van der Waals surface area contributed by atoms with Gasteiger partial charge in [0.05, 0.1) is 5.69 Å². The Morgan fingerprint density at radius 2 is 1.75 bits per heavy atom. The summed E-state index contributed by atoms with van der Waals surface area (Å²) >= 11 is 0. The van der Waals surface area contributed by atoms with Crippen LogP contribution < -0.4 is 16.2 Å². The van der Waals surface area contributed by atoms with E-state index in [9.17, 15) is 14.4 Å². The molecular formula is C21H18N4O3. The van der Waals surface area contributed by atoms with Crippen molar-refractivity contribution in [1.82, 2.24) is 9.78 Å². The van der Waals surface area contributed by atoms with Crippen LogP contribution in [0.15, 0.2) is 65.5 Å². The van der Waals surface area contributed by atoms with Gasteiger partial charge in [-0.05, 0) is 48.7 Å². The van der Waals surface area contributed by atoms with Crippen LogP contribution in [0.4, 0.5) is 5.69 Å². The molecule has 0 bridgehead atoms. The Labute approximate surface area is 161 Å². The van der Waals surface area contributed by atoms with E-state index >= 15 is 0 Å². The van der Waals surface area contributed by atoms with Crippen molar-refractivity contribution in [3.8, 4) is 5.69 Å². The minimum atomic E-state index is -0.512. The monoisotopic (exact) mass is 374 g/mol. The highest BCUT2D eigenvalue weighted by Crippen LogP contribution is 2.30. The summed E-state index contributed by atoms with van der Waals surface area (Å²) in [7, 11) is 0. The first-order chi connectivity index (χ1) is 13.6. The zero-order valence-electron chi connectivity index (χ0n) is 15.0. The van der Waals surface area contributed by atoms with Gasteiger partial charge in [-0.3, -0.25) is 14.4 Å². The van der Waals surface area contributed by atoms with Crippen LogP contribution in [0.5, 0.6) is 0 Å². The van der Waals surface area contributed by atoms with Gasteiger partial charge >= 0.3 is 0 Å². The number of benzene rings is 2. The Bertz CT molecular complexity index is 1120. The van der Waals surface area contributed by atoms with Crippen LogP contribution >= 0.6 is 0 Å². The first kappa shape index (κ1) is 17.7. The summed E-state index contributed by atoms with van der Waals surface area (Å²) in [6, 6.07) is 16.9. The van der Waals surface area contributed by atoms with Crippen LogP contribution in [0.2, 0.25) is 0 Å². The number of carbonyl (C=O) groups excluding carboxylic acids is 2. The van der Waals surface area contributed by atoms with Gasteiger partial charge in [0.15, 0.2) is 0 Å². The standard InChI is InChI=1S/C21H18N4O3/c22-20(27)16-8-4-10-18-15(16)9-5-13-24(18)21(28)17-11-12-19(26)25(23-17)14-6-2-1-3-7-14/h1-4,6-8,10-12H,5,9,13H2,(H2,22,27). The van der Waals surface area contributed by atoms with Crippen molar-refractivity contribution < 1.29 is 9.59 Å². The van der Waals surface area contributed by atoms with Crippen LogP contribution in [0.25, 0.3) is 5.69 Å². The number of aromatic nitrogens is 2. The molecule has 0 saturated heterocycles. The molecular weight excluding hydrogens is 356 g/mol. The predicted octanol–water partition coefficient (Wildman–Crippen LogP) is 1.92. The van der Waals surface area contributed by atoms with Crippen molar-refractivity contribution in [2.24, 2.45) is 5.73 Å². The van der Waals surface area contributed by atoms with E-state index in [1.165, 1.54) is 16.8 Å². The van der Waals surface area contributed by atoms with E-state index in [2.05, 4.69) is 5.10 Å². The van der Waals surface area contributed by atoms with Crippen molar-refractivity contribution in [3.63, 3.8) is 0 Å². The van der Waals surface area contributed by atoms with Gasteiger partial charge in [0.1, 0.15) is 5.69 Å². The lowest BCUT2D eigenvalue weighted by Crippen LogP contribution is -2.38. The number of rotatable bonds is 3. The molecule has 1 aliphatic heterocycles. The zero-order valence-corrected chi connectivity index (χ0v) is 15.0. The average Bonchev–Trinajstić information content (AvgIpc) is 2.73. The minimum absolute atomic E-state index is 0.154. The SMILES string of the molecule is NC(=O)c1cccc2c1CCCN2C(=O)c1ccc(=O)n(-c2ccccc2)n1. The van der Waals surface area contributed by atoms with Gasteiger partial charge in [-0.15, -0.1) is 0 Å². The molecule has 0 radical (unpaired) electrons. The smallest absolute Gasteiger partial charge is 0.278 e. The Balaban J connectivity index is 1.76. The fourth-order valence-corrected chi connectivity index (χ4v) is 3.48. The molecule has 0 aliphatic carbocycles. The maximum atomic E-state index is 13.2. The van der Waals surface area contributed by atoms with Gasteiger partial charge in [-0.2, -0.15) is 9.78 Å². The van der Waals surface area contributed by atoms with E-state index in [4.69, 9.17) is 5.73 Å². The third-order valence-electron chi connectivity index (χ3n) is 4.78. The number of nitrogens with two attached hydrogens (primary N) is 1. The molecule has 1 aliphatic rings. The lowest BCUT2D eigenvalue weighted by molar-refractivity contribution is 0.0972. The predicted molar refractivity (Wildman–Crippen MR) is 105 cm³/mol. The Morgan fingerprint density at radius 1 is 0.964 bits per heavy atom. The summed E-state index contributed by atoms with van der Waals surface area (Å²) in [5.41, 5.74) is 7.75. The maximum Gasteiger partial charge on any atom is 0.278 e. The van der Waals surface area contributed by atoms with Crippen molar-refractivity contribution in [2.75, 3.05) is 11.4 Å². The van der Waals surface area contributed by atoms with E-state index in [1.807, 2.05) is 6.07 Å². The number of para-hydroxylation sites is 1. The van der Waals surface area contributed by atoms with Crippen molar-refractivity contribution in [3.05, 3.63) is 87.8 Å². The van der Waals surface area contributed by atoms with Crippen LogP contribution in [0.3, 0.4) is 0 Å². The molecule has 2 aromatic carbocycles. The second-order valence-corrected chi connectivity index (χ2v) is 6.53. The molecule has 2 amide bonds. The highest BCUT2D eigenvalue weighted by atomic mass is 16.2. The van der Waals surface area contributed by atoms with Gasteiger partial charge in [-0.1, -0.05) is 24.3 Å². The van der Waals surface area contributed by atoms with Gasteiger partial charge < -0.3 is 10.6 Å². The molecule has 0 unspecified atom stereocenters. The summed E-state index contributed by atoms with van der Waals surface area (Å²) in [5, 5.41) is 4.27. The van der Waals surface area contributed by atoms with Gasteiger partial charge in [0.2, 0.25) is 5.91 Å². The van der Waals surface area contributed by atoms with E-state index in [0.29, 0.717) is 36.3 Å². The molecule has 140 valence electrons. The van der Waals surface area contributed by atoms with Gasteiger partial charge in [0.25, 0.3) is 11.5 Å². The number of anilines is 1. The zero-order chi connectivity index (χ0) is 19.7. The van der Waals surface area contributed by atoms with Gasteiger partial charge in [0, 0.05) is 23.9 Å². The van der Waals surface area contributed by atoms with Crippen LogP contribution in [0.1, 0.15) is 32.8 Å². The largest absolute Gasteiger partial charge is 0.366 e. The molecule has 0 saturated carbocycles. The van der Waals surface area contributed by atoms with Gasteiger partial charge in [-0.25, -0.2) is 0 Å². The number of hydrogen-bond donors (Lipinski definition) is 1. The fraction of sp³-hybridized carbons (Fsp3) is 0.143. The number of nitrogens with zero attached hydrogens (tertiary/aromatic N) is 3. The normalized spacial score (nSPS) is 13.1. The third kappa shape index (κ3) is 3.07. The molecule has 0 spiro atoms. The van der Waals surface area contributed by atoms with Crippen molar-refractivity contribution in [1.29, 1.82) is 0 Å². The second-order valence-electron chi connectivity index (χ2n) is 6.53. The van der Waals surface area contributed by atoms with Crippen molar-refractivity contribution >= 4 is 17.5 Å². The number of primary amides is 1. The molecule has 7 heteroatoms. The summed E-state index contributed by atoms with van der Waals surface area (Å²) in [6.45, 7) is 0.500. The first-order valence-electron chi connectivity index (χ1n) is 8.95. The molecule has 1 aromatic heterocycles. The highest BCUT2D eigenvalue weighted by molar-refractivity contribution is 6.06. The first-order valence-corrected chi connectivity index (χ1v) is 8.95. The van der Waals surface area contributed by atoms with E-state index in [-0.39, 0.29) is 17.2 Å². The highest BCUT2D eigenvalue weighted by Gasteiger charge is 2.27. The second kappa shape index (κ2) is 7.11. The molecule has 2 heterocycles. The topological polar surface area (TPSA) is 98.3 Å². The fourth-order valence-electron chi connectivity index (χ4n) is 3.48. The summed E-state index contributed by atoms with van der Waals surface area (Å²) in [5.74, 6) is -0.839. The number of fused-ring (bicyclic) bond motifs is 1. The summed E-state index contributed by atoms with van der Waals surface area (Å²) in [6.07, 6.45) is 1.39.